The normalized spacial score (nSPS) is 10.3. The van der Waals surface area contributed by atoms with Crippen molar-refractivity contribution in [3.63, 3.8) is 0 Å². The van der Waals surface area contributed by atoms with E-state index >= 15 is 0 Å². The van der Waals surface area contributed by atoms with Gasteiger partial charge in [-0.25, -0.2) is 0 Å². The molecule has 1 rings (SSSR count). The van der Waals surface area contributed by atoms with E-state index in [2.05, 4.69) is 28.4 Å². The van der Waals surface area contributed by atoms with Crippen molar-refractivity contribution in [1.82, 2.24) is 0 Å². The lowest BCUT2D eigenvalue weighted by Crippen LogP contribution is -1.97. The van der Waals surface area contributed by atoms with Crippen LogP contribution in [-0.2, 0) is 9.53 Å². The first-order valence-electron chi connectivity index (χ1n) is 5.57. The number of rotatable bonds is 3. The number of carbonyl (C=O) groups excluding carboxylic acids is 1. The molecule has 0 aliphatic carbocycles. The van der Waals surface area contributed by atoms with Crippen LogP contribution in [-0.4, -0.2) is 24.8 Å². The Labute approximate surface area is 112 Å². The van der Waals surface area contributed by atoms with Crippen LogP contribution in [0.4, 0.5) is 0 Å². The molecule has 1 aromatic carbocycles. The molecule has 0 fully saturated rings. The third-order valence-electron chi connectivity index (χ3n) is 2.12. The molecule has 0 radical (unpaired) electrons. The summed E-state index contributed by atoms with van der Waals surface area (Å²) in [6.45, 7) is 1.30. The molecule has 0 bridgehead atoms. The van der Waals surface area contributed by atoms with E-state index in [4.69, 9.17) is 4.74 Å². The molecule has 0 heterocycles. The topological polar surface area (TPSA) is 55.8 Å². The van der Waals surface area contributed by atoms with Crippen molar-refractivity contribution in [2.24, 2.45) is 0 Å². The minimum atomic E-state index is -0.932. The number of benzene rings is 1. The van der Waals surface area contributed by atoms with Crippen LogP contribution in [0.3, 0.4) is 0 Å². The number of aliphatic hydroxyl groups is 1. The van der Waals surface area contributed by atoms with Crippen molar-refractivity contribution in [3.05, 3.63) is 29.8 Å². The average Bonchev–Trinajstić information content (AvgIpc) is 2.42. The molecule has 0 saturated heterocycles. The first-order chi connectivity index (χ1) is 9.13. The van der Waals surface area contributed by atoms with Gasteiger partial charge in [-0.05, 0) is 35.5 Å². The van der Waals surface area contributed by atoms with Crippen LogP contribution in [0.5, 0.6) is 5.75 Å². The van der Waals surface area contributed by atoms with Crippen LogP contribution in [0.25, 0.3) is 0 Å². The molecule has 4 nitrogen and oxygen atoms in total. The van der Waals surface area contributed by atoms with Crippen LogP contribution in [0, 0.1) is 23.7 Å². The summed E-state index contributed by atoms with van der Waals surface area (Å²) in [6, 6.07) is 6.99. The highest BCUT2D eigenvalue weighted by Crippen LogP contribution is 2.18. The van der Waals surface area contributed by atoms with Gasteiger partial charge in [0, 0.05) is 6.92 Å². The predicted octanol–water partition coefficient (Wildman–Crippen LogP) is 1.30. The Balaban J connectivity index is 2.59. The summed E-state index contributed by atoms with van der Waals surface area (Å²) in [5, 5.41) is 9.80. The van der Waals surface area contributed by atoms with E-state index in [-0.39, 0.29) is 6.61 Å². The van der Waals surface area contributed by atoms with Gasteiger partial charge in [0.05, 0.1) is 7.11 Å². The van der Waals surface area contributed by atoms with Crippen molar-refractivity contribution in [1.29, 1.82) is 0 Å². The second kappa shape index (κ2) is 7.81. The maximum absolute atomic E-state index is 10.5. The molecule has 0 spiro atoms. The van der Waals surface area contributed by atoms with Crippen LogP contribution >= 0.6 is 0 Å². The summed E-state index contributed by atoms with van der Waals surface area (Å²) in [4.78, 5) is 10.5. The fourth-order valence-electron chi connectivity index (χ4n) is 1.22. The Bertz CT molecular complexity index is 555. The number of ether oxygens (including phenoxy) is 2. The maximum atomic E-state index is 10.5. The van der Waals surface area contributed by atoms with E-state index in [1.165, 1.54) is 6.92 Å². The molecule has 0 aliphatic heterocycles. The Morgan fingerprint density at radius 2 is 2.21 bits per heavy atom. The number of hydrogen-bond donors (Lipinski definition) is 1. The summed E-state index contributed by atoms with van der Waals surface area (Å²) < 4.78 is 9.65. The zero-order chi connectivity index (χ0) is 14.1. The average molecular weight is 258 g/mol. The standard InChI is InChI=1S/C15H14O4/c1-12(16)19-10-5-3-4-9-15(17)13-7-6-8-14(11-13)18-2/h6-8,11,15,17H,10H2,1-2H3/t15-/m0/s1. The predicted molar refractivity (Wildman–Crippen MR) is 70.1 cm³/mol. The second-order valence-electron chi connectivity index (χ2n) is 3.53. The first-order valence-corrected chi connectivity index (χ1v) is 5.57. The highest BCUT2D eigenvalue weighted by Gasteiger charge is 2.03. The SMILES string of the molecule is COc1cccc([C@@H](O)C#CC#CCOC(C)=O)c1. The number of aliphatic hydroxyl groups excluding tert-OH is 1. The lowest BCUT2D eigenvalue weighted by Gasteiger charge is -2.05. The summed E-state index contributed by atoms with van der Waals surface area (Å²) >= 11 is 0. The molecule has 0 aromatic heterocycles. The molecule has 0 saturated carbocycles. The van der Waals surface area contributed by atoms with Crippen molar-refractivity contribution in [2.45, 2.75) is 13.0 Å². The fraction of sp³-hybridized carbons (Fsp3) is 0.267. The van der Waals surface area contributed by atoms with Crippen molar-refractivity contribution in [3.8, 4) is 29.4 Å². The molecule has 1 atom stereocenters. The third kappa shape index (κ3) is 5.63. The van der Waals surface area contributed by atoms with Gasteiger partial charge < -0.3 is 14.6 Å². The summed E-state index contributed by atoms with van der Waals surface area (Å²) in [7, 11) is 1.55. The van der Waals surface area contributed by atoms with E-state index in [1.807, 2.05) is 0 Å². The Hall–Kier alpha value is -2.43. The number of esters is 1. The van der Waals surface area contributed by atoms with Gasteiger partial charge in [0.2, 0.25) is 0 Å². The van der Waals surface area contributed by atoms with Gasteiger partial charge in [-0.3, -0.25) is 4.79 Å². The molecule has 0 aliphatic rings. The smallest absolute Gasteiger partial charge is 0.303 e. The van der Waals surface area contributed by atoms with Crippen LogP contribution in [0.1, 0.15) is 18.6 Å². The van der Waals surface area contributed by atoms with E-state index in [1.54, 1.807) is 31.4 Å². The zero-order valence-electron chi connectivity index (χ0n) is 10.8. The Kier molecular flexibility index (Phi) is 6.02. The molecule has 98 valence electrons. The second-order valence-corrected chi connectivity index (χ2v) is 3.53. The molecule has 0 unspecified atom stereocenters. The number of hydrogen-bond acceptors (Lipinski definition) is 4. The monoisotopic (exact) mass is 258 g/mol. The Morgan fingerprint density at radius 3 is 2.89 bits per heavy atom. The lowest BCUT2D eigenvalue weighted by molar-refractivity contribution is -0.139. The summed E-state index contributed by atoms with van der Waals surface area (Å²) in [5.74, 6) is 10.4. The molecule has 0 amide bonds. The molecular formula is C15H14O4. The number of methoxy groups -OCH3 is 1. The molecular weight excluding hydrogens is 244 g/mol. The van der Waals surface area contributed by atoms with Crippen molar-refractivity contribution < 1.29 is 19.4 Å². The van der Waals surface area contributed by atoms with Gasteiger partial charge in [0.15, 0.2) is 6.61 Å². The van der Waals surface area contributed by atoms with Crippen LogP contribution in [0.15, 0.2) is 24.3 Å². The minimum absolute atomic E-state index is 0.000726. The van der Waals surface area contributed by atoms with Crippen molar-refractivity contribution in [2.75, 3.05) is 13.7 Å². The van der Waals surface area contributed by atoms with Gasteiger partial charge >= 0.3 is 5.97 Å². The first kappa shape index (κ1) is 14.6. The lowest BCUT2D eigenvalue weighted by atomic mass is 10.1. The Morgan fingerprint density at radius 1 is 1.42 bits per heavy atom. The van der Waals surface area contributed by atoms with Gasteiger partial charge in [0.1, 0.15) is 11.9 Å². The van der Waals surface area contributed by atoms with E-state index < -0.39 is 12.1 Å². The zero-order valence-corrected chi connectivity index (χ0v) is 10.8. The third-order valence-corrected chi connectivity index (χ3v) is 2.12. The van der Waals surface area contributed by atoms with Gasteiger partial charge in [-0.2, -0.15) is 0 Å². The van der Waals surface area contributed by atoms with E-state index in [0.717, 1.165) is 0 Å². The summed E-state index contributed by atoms with van der Waals surface area (Å²) in [6.07, 6.45) is -0.932. The quantitative estimate of drug-likeness (QED) is 0.656. The molecule has 4 heteroatoms. The van der Waals surface area contributed by atoms with Crippen molar-refractivity contribution >= 4 is 5.97 Å². The highest BCUT2D eigenvalue weighted by molar-refractivity contribution is 5.66. The van der Waals surface area contributed by atoms with Gasteiger partial charge in [-0.1, -0.05) is 18.1 Å². The highest BCUT2D eigenvalue weighted by atomic mass is 16.5. The maximum Gasteiger partial charge on any atom is 0.303 e. The van der Waals surface area contributed by atoms with E-state index in [0.29, 0.717) is 11.3 Å². The molecule has 1 N–H and O–H groups in total. The summed E-state index contributed by atoms with van der Waals surface area (Å²) in [5.41, 5.74) is 0.633. The van der Waals surface area contributed by atoms with Gasteiger partial charge in [-0.15, -0.1) is 0 Å². The van der Waals surface area contributed by atoms with Crippen LogP contribution in [0.2, 0.25) is 0 Å². The largest absolute Gasteiger partial charge is 0.497 e. The number of carbonyl (C=O) groups is 1. The molecule has 1 aromatic rings. The van der Waals surface area contributed by atoms with Crippen LogP contribution < -0.4 is 4.74 Å². The molecule has 19 heavy (non-hydrogen) atoms. The fourth-order valence-corrected chi connectivity index (χ4v) is 1.22. The van der Waals surface area contributed by atoms with Gasteiger partial charge in [0.25, 0.3) is 0 Å². The minimum Gasteiger partial charge on any atom is -0.497 e. The van der Waals surface area contributed by atoms with E-state index in [9.17, 15) is 9.90 Å².